The highest BCUT2D eigenvalue weighted by Gasteiger charge is 2.25. The standard InChI is InChI=1S/C17H23N3O3S/c21-17(11-13-5-1-2-6-13)19-14-7-3-8-15(12-14)24(22,23)20-16-9-4-10-18-16/h3,7-8,12-13H,1-2,4-6,9-11H2,(H,18,20)(H,19,21)/p+1. The summed E-state index contributed by atoms with van der Waals surface area (Å²) in [4.78, 5) is 15.3. The number of benzene rings is 1. The zero-order valence-electron chi connectivity index (χ0n) is 13.7. The number of amides is 1. The molecule has 1 heterocycles. The van der Waals surface area contributed by atoms with Gasteiger partial charge in [0.05, 0.1) is 13.0 Å². The third-order valence-corrected chi connectivity index (χ3v) is 5.97. The molecule has 24 heavy (non-hydrogen) atoms. The average molecular weight is 350 g/mol. The number of hydrogen-bond donors (Lipinski definition) is 3. The van der Waals surface area contributed by atoms with Crippen molar-refractivity contribution < 1.29 is 18.2 Å². The molecule has 0 atom stereocenters. The van der Waals surface area contributed by atoms with Gasteiger partial charge in [-0.25, -0.2) is 0 Å². The molecule has 0 aromatic heterocycles. The highest BCUT2D eigenvalue weighted by molar-refractivity contribution is 7.90. The second-order valence-electron chi connectivity index (χ2n) is 6.54. The molecule has 6 nitrogen and oxygen atoms in total. The van der Waals surface area contributed by atoms with Crippen LogP contribution in [-0.2, 0) is 14.8 Å². The number of rotatable bonds is 5. The summed E-state index contributed by atoms with van der Waals surface area (Å²) in [7, 11) is -3.63. The summed E-state index contributed by atoms with van der Waals surface area (Å²) in [6.45, 7) is 0.787. The van der Waals surface area contributed by atoms with Crippen LogP contribution in [0.25, 0.3) is 0 Å². The van der Waals surface area contributed by atoms with E-state index in [0.717, 1.165) is 25.8 Å². The zero-order chi connectivity index (χ0) is 17.0. The third-order valence-electron chi connectivity index (χ3n) is 4.58. The van der Waals surface area contributed by atoms with Crippen molar-refractivity contribution in [3.8, 4) is 0 Å². The van der Waals surface area contributed by atoms with Crippen molar-refractivity contribution in [1.29, 1.82) is 0 Å². The second kappa shape index (κ2) is 7.34. The molecule has 2 aliphatic rings. The molecule has 7 heteroatoms. The zero-order valence-corrected chi connectivity index (χ0v) is 14.5. The minimum atomic E-state index is -3.63. The van der Waals surface area contributed by atoms with Crippen molar-refractivity contribution in [2.24, 2.45) is 5.92 Å². The van der Waals surface area contributed by atoms with Crippen LogP contribution in [-0.4, -0.2) is 26.7 Å². The molecule has 0 spiro atoms. The van der Waals surface area contributed by atoms with Crippen molar-refractivity contribution in [2.75, 3.05) is 11.9 Å². The molecule has 1 aromatic rings. The van der Waals surface area contributed by atoms with E-state index in [1.165, 1.54) is 25.0 Å². The Hall–Kier alpha value is -1.89. The van der Waals surface area contributed by atoms with E-state index in [1.807, 2.05) is 0 Å². The van der Waals surface area contributed by atoms with E-state index in [2.05, 4.69) is 15.0 Å². The van der Waals surface area contributed by atoms with Gasteiger partial charge in [0.15, 0.2) is 0 Å². The lowest BCUT2D eigenvalue weighted by Gasteiger charge is -2.10. The molecule has 1 saturated carbocycles. The average Bonchev–Trinajstić information content (AvgIpc) is 3.21. The predicted octanol–water partition coefficient (Wildman–Crippen LogP) is 0.757. The van der Waals surface area contributed by atoms with Gasteiger partial charge in [0.1, 0.15) is 4.90 Å². The Labute approximate surface area is 142 Å². The van der Waals surface area contributed by atoms with Crippen molar-refractivity contribution in [3.05, 3.63) is 24.3 Å². The smallest absolute Gasteiger partial charge is 0.326 e. The normalized spacial score (nSPS) is 18.4. The largest absolute Gasteiger partial charge is 0.328 e. The fourth-order valence-corrected chi connectivity index (χ4v) is 4.49. The lowest BCUT2D eigenvalue weighted by Crippen LogP contribution is -2.72. The summed E-state index contributed by atoms with van der Waals surface area (Å²) in [6.07, 6.45) is 6.76. The Kier molecular flexibility index (Phi) is 5.18. The van der Waals surface area contributed by atoms with Crippen LogP contribution < -0.4 is 15.0 Å². The summed E-state index contributed by atoms with van der Waals surface area (Å²) in [5, 5.41) is 2.82. The number of anilines is 1. The maximum absolute atomic E-state index is 12.4. The number of nitrogens with one attached hydrogen (secondary N) is 3. The maximum Gasteiger partial charge on any atom is 0.328 e. The quantitative estimate of drug-likeness (QED) is 0.732. The number of sulfonamides is 1. The predicted molar refractivity (Wildman–Crippen MR) is 92.0 cm³/mol. The van der Waals surface area contributed by atoms with Crippen LogP contribution >= 0.6 is 0 Å². The highest BCUT2D eigenvalue weighted by Crippen LogP contribution is 2.28. The van der Waals surface area contributed by atoms with Gasteiger partial charge in [-0.15, -0.1) is 0 Å². The fourth-order valence-electron chi connectivity index (χ4n) is 3.33. The Bertz CT molecular complexity index is 737. The Balaban J connectivity index is 1.65. The van der Waals surface area contributed by atoms with E-state index < -0.39 is 10.0 Å². The van der Waals surface area contributed by atoms with Crippen LogP contribution in [0.15, 0.2) is 29.2 Å². The van der Waals surface area contributed by atoms with Gasteiger partial charge in [0.2, 0.25) is 5.91 Å². The molecule has 130 valence electrons. The molecular weight excluding hydrogens is 326 g/mol. The van der Waals surface area contributed by atoms with E-state index in [4.69, 9.17) is 0 Å². The summed E-state index contributed by atoms with van der Waals surface area (Å²) >= 11 is 0. The number of carbonyl (C=O) groups is 1. The molecular formula is C17H24N3O3S+. The molecule has 0 unspecified atom stereocenters. The summed E-state index contributed by atoms with van der Waals surface area (Å²) < 4.78 is 27.4. The summed E-state index contributed by atoms with van der Waals surface area (Å²) in [6, 6.07) is 6.40. The van der Waals surface area contributed by atoms with Crippen LogP contribution in [0.1, 0.15) is 44.9 Å². The molecule has 1 fully saturated rings. The summed E-state index contributed by atoms with van der Waals surface area (Å²) in [5.41, 5.74) is 0.519. The molecule has 1 amide bonds. The minimum absolute atomic E-state index is 0.0451. The van der Waals surface area contributed by atoms with Crippen LogP contribution in [0, 0.1) is 5.92 Å². The van der Waals surface area contributed by atoms with Crippen LogP contribution in [0.4, 0.5) is 5.69 Å². The van der Waals surface area contributed by atoms with Crippen LogP contribution in [0.2, 0.25) is 0 Å². The van der Waals surface area contributed by atoms with E-state index in [1.54, 1.807) is 12.1 Å². The topological polar surface area (TPSA) is 89.2 Å². The van der Waals surface area contributed by atoms with Gasteiger partial charge in [-0.05, 0) is 43.4 Å². The second-order valence-corrected chi connectivity index (χ2v) is 8.23. The maximum atomic E-state index is 12.4. The highest BCUT2D eigenvalue weighted by atomic mass is 32.2. The lowest BCUT2D eigenvalue weighted by molar-refractivity contribution is -0.448. The number of amidine groups is 1. The van der Waals surface area contributed by atoms with Gasteiger partial charge in [-0.1, -0.05) is 18.9 Å². The van der Waals surface area contributed by atoms with E-state index in [9.17, 15) is 13.2 Å². The van der Waals surface area contributed by atoms with E-state index in [0.29, 0.717) is 30.3 Å². The van der Waals surface area contributed by atoms with Gasteiger partial charge < -0.3 is 5.32 Å². The van der Waals surface area contributed by atoms with Gasteiger partial charge in [-0.3, -0.25) is 9.79 Å². The molecule has 0 radical (unpaired) electrons. The molecule has 1 aliphatic carbocycles. The van der Waals surface area contributed by atoms with Gasteiger partial charge in [0.25, 0.3) is 5.84 Å². The molecule has 0 saturated heterocycles. The lowest BCUT2D eigenvalue weighted by atomic mass is 10.0. The van der Waals surface area contributed by atoms with Crippen molar-refractivity contribution in [3.63, 3.8) is 0 Å². The third kappa shape index (κ3) is 4.35. The van der Waals surface area contributed by atoms with Crippen LogP contribution in [0.5, 0.6) is 0 Å². The SMILES string of the molecule is O=C(CC1CCCC1)Nc1cccc(S(=O)(=O)NC2=[NH+]CCC2)c1. The summed E-state index contributed by atoms with van der Waals surface area (Å²) in [5.74, 6) is 1.05. The Morgan fingerprint density at radius 1 is 1.21 bits per heavy atom. The molecule has 0 bridgehead atoms. The first kappa shape index (κ1) is 17.0. The molecule has 3 N–H and O–H groups in total. The molecule has 1 aromatic carbocycles. The first-order valence-corrected chi connectivity index (χ1v) is 10.0. The number of hydrogen-bond acceptors (Lipinski definition) is 3. The minimum Gasteiger partial charge on any atom is -0.326 e. The van der Waals surface area contributed by atoms with Crippen molar-refractivity contribution in [1.82, 2.24) is 4.72 Å². The fraction of sp³-hybridized carbons (Fsp3) is 0.529. The van der Waals surface area contributed by atoms with E-state index >= 15 is 0 Å². The van der Waals surface area contributed by atoms with Gasteiger partial charge in [0, 0.05) is 12.1 Å². The molecule has 1 aliphatic heterocycles. The van der Waals surface area contributed by atoms with E-state index in [-0.39, 0.29) is 10.8 Å². The Morgan fingerprint density at radius 2 is 2.00 bits per heavy atom. The van der Waals surface area contributed by atoms with Crippen molar-refractivity contribution >= 4 is 27.5 Å². The van der Waals surface area contributed by atoms with Crippen molar-refractivity contribution in [2.45, 2.75) is 49.8 Å². The van der Waals surface area contributed by atoms with Gasteiger partial charge >= 0.3 is 10.0 Å². The monoisotopic (exact) mass is 350 g/mol. The van der Waals surface area contributed by atoms with Crippen LogP contribution in [0.3, 0.4) is 0 Å². The Morgan fingerprint density at radius 3 is 2.71 bits per heavy atom. The van der Waals surface area contributed by atoms with Gasteiger partial charge in [-0.2, -0.15) is 13.1 Å². The number of carbonyl (C=O) groups excluding carboxylic acids is 1. The first-order chi connectivity index (χ1) is 11.5. The first-order valence-electron chi connectivity index (χ1n) is 8.55. The molecule has 3 rings (SSSR count).